The average molecular weight is 364 g/mol. The van der Waals surface area contributed by atoms with Crippen LogP contribution in [0.4, 0.5) is 5.69 Å². The molecule has 2 rings (SSSR count). The van der Waals surface area contributed by atoms with Gasteiger partial charge in [0.05, 0.1) is 22.8 Å². The molecule has 0 saturated heterocycles. The molecule has 0 aromatic heterocycles. The third-order valence-electron chi connectivity index (χ3n) is 3.05. The number of halogens is 1. The largest absolute Gasteiger partial charge is 0.503 e. The van der Waals surface area contributed by atoms with Crippen molar-refractivity contribution < 1.29 is 19.6 Å². The number of carbonyl (C=O) groups is 1. The van der Waals surface area contributed by atoms with Crippen molar-refractivity contribution >= 4 is 29.4 Å². The van der Waals surface area contributed by atoms with E-state index in [4.69, 9.17) is 16.3 Å². The van der Waals surface area contributed by atoms with Crippen LogP contribution in [0.5, 0.6) is 11.5 Å². The highest BCUT2D eigenvalue weighted by atomic mass is 35.5. The predicted molar refractivity (Wildman–Crippen MR) is 92.4 cm³/mol. The van der Waals surface area contributed by atoms with Crippen LogP contribution in [0.25, 0.3) is 0 Å². The number of ether oxygens (including phenoxy) is 1. The normalized spacial score (nSPS) is 10.6. The van der Waals surface area contributed by atoms with Gasteiger partial charge in [-0.2, -0.15) is 5.10 Å². The first-order chi connectivity index (χ1) is 11.9. The Morgan fingerprint density at radius 2 is 2.20 bits per heavy atom. The molecule has 8 nitrogen and oxygen atoms in total. The number of rotatable bonds is 6. The van der Waals surface area contributed by atoms with Crippen LogP contribution >= 0.6 is 11.6 Å². The zero-order valence-corrected chi connectivity index (χ0v) is 13.9. The van der Waals surface area contributed by atoms with Gasteiger partial charge in [-0.3, -0.25) is 14.9 Å². The van der Waals surface area contributed by atoms with E-state index in [0.29, 0.717) is 12.2 Å². The van der Waals surface area contributed by atoms with Crippen LogP contribution in [0.15, 0.2) is 41.5 Å². The monoisotopic (exact) mass is 363 g/mol. The molecule has 9 heteroatoms. The summed E-state index contributed by atoms with van der Waals surface area (Å²) in [7, 11) is 0. The Labute approximate surface area is 147 Å². The van der Waals surface area contributed by atoms with E-state index in [1.165, 1.54) is 36.5 Å². The lowest BCUT2D eigenvalue weighted by molar-refractivity contribution is -0.384. The van der Waals surface area contributed by atoms with Crippen molar-refractivity contribution in [1.82, 2.24) is 5.43 Å². The minimum absolute atomic E-state index is 0.0809. The molecule has 2 N–H and O–H groups in total. The van der Waals surface area contributed by atoms with Gasteiger partial charge in [0, 0.05) is 17.7 Å². The van der Waals surface area contributed by atoms with Crippen molar-refractivity contribution in [3.05, 3.63) is 62.7 Å². The van der Waals surface area contributed by atoms with Crippen LogP contribution in [0.3, 0.4) is 0 Å². The molecule has 0 atom stereocenters. The summed E-state index contributed by atoms with van der Waals surface area (Å²) in [5.41, 5.74) is 2.66. The van der Waals surface area contributed by atoms with Crippen LogP contribution in [-0.4, -0.2) is 28.8 Å². The van der Waals surface area contributed by atoms with Gasteiger partial charge >= 0.3 is 0 Å². The van der Waals surface area contributed by atoms with Gasteiger partial charge in [-0.05, 0) is 30.7 Å². The van der Waals surface area contributed by atoms with Crippen LogP contribution in [0.2, 0.25) is 5.02 Å². The smallest absolute Gasteiger partial charge is 0.271 e. The van der Waals surface area contributed by atoms with Crippen molar-refractivity contribution in [1.29, 1.82) is 0 Å². The van der Waals surface area contributed by atoms with Gasteiger partial charge in [0.15, 0.2) is 11.5 Å². The fraction of sp³-hybridized carbons (Fsp3) is 0.125. The molecular formula is C16H14ClN3O5. The molecule has 25 heavy (non-hydrogen) atoms. The first-order valence-electron chi connectivity index (χ1n) is 7.15. The van der Waals surface area contributed by atoms with E-state index in [2.05, 4.69) is 10.5 Å². The number of nitro benzene ring substituents is 1. The SMILES string of the molecule is CCOc1cc(/C=N\NC(=O)c2cccc([N+](=O)[O-])c2)cc(Cl)c1O. The number of non-ortho nitro benzene ring substituents is 1. The number of benzene rings is 2. The maximum atomic E-state index is 12.0. The van der Waals surface area contributed by atoms with Gasteiger partial charge < -0.3 is 9.84 Å². The maximum Gasteiger partial charge on any atom is 0.271 e. The van der Waals surface area contributed by atoms with E-state index in [1.54, 1.807) is 6.92 Å². The van der Waals surface area contributed by atoms with Crippen LogP contribution in [0, 0.1) is 10.1 Å². The second-order valence-electron chi connectivity index (χ2n) is 4.79. The Morgan fingerprint density at radius 3 is 2.88 bits per heavy atom. The molecular weight excluding hydrogens is 350 g/mol. The van der Waals surface area contributed by atoms with Gasteiger partial charge in [0.2, 0.25) is 0 Å². The number of hydrazone groups is 1. The molecule has 0 heterocycles. The number of hydrogen-bond donors (Lipinski definition) is 2. The van der Waals surface area contributed by atoms with Gasteiger partial charge in [-0.1, -0.05) is 17.7 Å². The lowest BCUT2D eigenvalue weighted by Gasteiger charge is -2.08. The number of phenolic OH excluding ortho intramolecular Hbond substituents is 1. The number of aromatic hydroxyl groups is 1. The summed E-state index contributed by atoms with van der Waals surface area (Å²) in [6.07, 6.45) is 1.31. The van der Waals surface area contributed by atoms with Crippen LogP contribution < -0.4 is 10.2 Å². The Balaban J connectivity index is 2.11. The van der Waals surface area contributed by atoms with E-state index in [-0.39, 0.29) is 27.8 Å². The third-order valence-corrected chi connectivity index (χ3v) is 3.34. The highest BCUT2D eigenvalue weighted by Gasteiger charge is 2.11. The van der Waals surface area contributed by atoms with Crippen molar-refractivity contribution in [3.63, 3.8) is 0 Å². The number of phenols is 1. The minimum Gasteiger partial charge on any atom is -0.503 e. The van der Waals surface area contributed by atoms with Crippen molar-refractivity contribution in [3.8, 4) is 11.5 Å². The fourth-order valence-electron chi connectivity index (χ4n) is 1.92. The zero-order valence-electron chi connectivity index (χ0n) is 13.1. The molecule has 130 valence electrons. The first kappa shape index (κ1) is 18.2. The predicted octanol–water partition coefficient (Wildman–Crippen LogP) is 3.12. The molecule has 2 aromatic carbocycles. The highest BCUT2D eigenvalue weighted by molar-refractivity contribution is 6.32. The van der Waals surface area contributed by atoms with E-state index >= 15 is 0 Å². The maximum absolute atomic E-state index is 12.0. The standard InChI is InChI=1S/C16H14ClN3O5/c1-2-25-14-7-10(6-13(17)15(14)21)9-18-19-16(22)11-4-3-5-12(8-11)20(23)24/h3-9,21H,2H2,1H3,(H,19,22)/b18-9-. The van der Waals surface area contributed by atoms with Gasteiger partial charge in [-0.25, -0.2) is 5.43 Å². The number of hydrogen-bond acceptors (Lipinski definition) is 6. The van der Waals surface area contributed by atoms with Crippen LogP contribution in [0.1, 0.15) is 22.8 Å². The van der Waals surface area contributed by atoms with Crippen molar-refractivity contribution in [2.75, 3.05) is 6.61 Å². The second-order valence-corrected chi connectivity index (χ2v) is 5.20. The fourth-order valence-corrected chi connectivity index (χ4v) is 2.14. The Morgan fingerprint density at radius 1 is 1.44 bits per heavy atom. The number of nitrogens with zero attached hydrogens (tertiary/aromatic N) is 2. The molecule has 0 fully saturated rings. The average Bonchev–Trinajstić information content (AvgIpc) is 2.59. The second kappa shape index (κ2) is 8.11. The topological polar surface area (TPSA) is 114 Å². The van der Waals surface area contributed by atoms with E-state index in [1.807, 2.05) is 0 Å². The lowest BCUT2D eigenvalue weighted by atomic mass is 10.2. The van der Waals surface area contributed by atoms with E-state index in [0.717, 1.165) is 6.07 Å². The molecule has 2 aromatic rings. The van der Waals surface area contributed by atoms with Crippen molar-refractivity contribution in [2.24, 2.45) is 5.10 Å². The van der Waals surface area contributed by atoms with Gasteiger partial charge in [-0.15, -0.1) is 0 Å². The number of nitro groups is 1. The summed E-state index contributed by atoms with van der Waals surface area (Å²) in [5.74, 6) is -0.586. The molecule has 0 unspecified atom stereocenters. The molecule has 1 amide bonds. The van der Waals surface area contributed by atoms with Crippen LogP contribution in [-0.2, 0) is 0 Å². The third kappa shape index (κ3) is 4.67. The van der Waals surface area contributed by atoms with Gasteiger partial charge in [0.25, 0.3) is 11.6 Å². The molecule has 0 aliphatic carbocycles. The first-order valence-corrected chi connectivity index (χ1v) is 7.53. The summed E-state index contributed by atoms with van der Waals surface area (Å²) in [6, 6.07) is 8.23. The molecule has 0 spiro atoms. The molecule has 0 bridgehead atoms. The summed E-state index contributed by atoms with van der Waals surface area (Å²) >= 11 is 5.90. The lowest BCUT2D eigenvalue weighted by Crippen LogP contribution is -2.17. The molecule has 0 radical (unpaired) electrons. The Hall–Kier alpha value is -3.13. The number of amides is 1. The summed E-state index contributed by atoms with van der Waals surface area (Å²) in [6.45, 7) is 2.10. The van der Waals surface area contributed by atoms with Crippen molar-refractivity contribution in [2.45, 2.75) is 6.92 Å². The number of nitrogens with one attached hydrogen (secondary N) is 1. The molecule has 0 saturated carbocycles. The summed E-state index contributed by atoms with van der Waals surface area (Å²) in [4.78, 5) is 22.1. The van der Waals surface area contributed by atoms with E-state index in [9.17, 15) is 20.0 Å². The quantitative estimate of drug-likeness (QED) is 0.465. The number of carbonyl (C=O) groups excluding carboxylic acids is 1. The van der Waals surface area contributed by atoms with E-state index < -0.39 is 10.8 Å². The molecule has 0 aliphatic rings. The Kier molecular flexibility index (Phi) is 5.91. The summed E-state index contributed by atoms with van der Waals surface area (Å²) in [5, 5.41) is 24.3. The zero-order chi connectivity index (χ0) is 18.4. The van der Waals surface area contributed by atoms with Gasteiger partial charge in [0.1, 0.15) is 0 Å². The summed E-state index contributed by atoms with van der Waals surface area (Å²) < 4.78 is 5.24. The molecule has 0 aliphatic heterocycles. The Bertz CT molecular complexity index is 839. The minimum atomic E-state index is -0.602. The highest BCUT2D eigenvalue weighted by Crippen LogP contribution is 2.34.